The lowest BCUT2D eigenvalue weighted by atomic mass is 9.87. The predicted molar refractivity (Wildman–Crippen MR) is 105 cm³/mol. The van der Waals surface area contributed by atoms with Crippen LogP contribution in [0.2, 0.25) is 0 Å². The summed E-state index contributed by atoms with van der Waals surface area (Å²) >= 11 is 0. The van der Waals surface area contributed by atoms with Crippen molar-refractivity contribution in [2.24, 2.45) is 0 Å². The molecule has 0 N–H and O–H groups in total. The van der Waals surface area contributed by atoms with Crippen LogP contribution in [0.25, 0.3) is 0 Å². The third-order valence-electron chi connectivity index (χ3n) is 5.14. The minimum atomic E-state index is -0.506. The van der Waals surface area contributed by atoms with Crippen LogP contribution in [0.1, 0.15) is 44.0 Å². The van der Waals surface area contributed by atoms with E-state index in [1.54, 1.807) is 4.90 Å². The van der Waals surface area contributed by atoms with E-state index in [-0.39, 0.29) is 17.9 Å². The fourth-order valence-corrected chi connectivity index (χ4v) is 3.47. The predicted octanol–water partition coefficient (Wildman–Crippen LogP) is 2.84. The molecule has 1 saturated heterocycles. The summed E-state index contributed by atoms with van der Waals surface area (Å²) in [6.45, 7) is 8.35. The number of benzene rings is 1. The van der Waals surface area contributed by atoms with Gasteiger partial charge in [0.25, 0.3) is 5.69 Å². The third kappa shape index (κ3) is 5.44. The molecule has 0 radical (unpaired) electrons. The normalized spacial score (nSPS) is 22.5. The largest absolute Gasteiger partial charge is 0.459 e. The van der Waals surface area contributed by atoms with E-state index in [0.29, 0.717) is 24.7 Å². The van der Waals surface area contributed by atoms with Gasteiger partial charge in [0, 0.05) is 57.2 Å². The Morgan fingerprint density at radius 3 is 2.17 bits per heavy atom. The Morgan fingerprint density at radius 2 is 1.66 bits per heavy atom. The van der Waals surface area contributed by atoms with Crippen LogP contribution in [0.15, 0.2) is 24.3 Å². The lowest BCUT2D eigenvalue weighted by Gasteiger charge is -2.45. The second kappa shape index (κ2) is 8.36. The van der Waals surface area contributed by atoms with E-state index in [1.165, 1.54) is 24.3 Å². The van der Waals surface area contributed by atoms with Crippen molar-refractivity contribution in [3.63, 3.8) is 0 Å². The molecular formula is C20H27N3O6. The zero-order valence-corrected chi connectivity index (χ0v) is 17.0. The molecule has 2 fully saturated rings. The van der Waals surface area contributed by atoms with E-state index in [1.807, 2.05) is 20.8 Å². The van der Waals surface area contributed by atoms with Gasteiger partial charge in [-0.3, -0.25) is 15.0 Å². The van der Waals surface area contributed by atoms with Gasteiger partial charge in [0.15, 0.2) is 0 Å². The van der Waals surface area contributed by atoms with E-state index in [2.05, 4.69) is 4.90 Å². The first-order valence-electron chi connectivity index (χ1n) is 9.80. The summed E-state index contributed by atoms with van der Waals surface area (Å²) in [5.41, 5.74) is -0.246. The van der Waals surface area contributed by atoms with Crippen molar-refractivity contribution in [2.75, 3.05) is 26.2 Å². The first kappa shape index (κ1) is 21.0. The van der Waals surface area contributed by atoms with Crippen LogP contribution in [0.4, 0.5) is 10.5 Å². The molecule has 1 amide bonds. The van der Waals surface area contributed by atoms with Crippen molar-refractivity contribution in [2.45, 2.75) is 51.4 Å². The lowest BCUT2D eigenvalue weighted by molar-refractivity contribution is -0.384. The molecule has 1 saturated carbocycles. The number of carbonyl (C=O) groups excluding carboxylic acids is 2. The number of non-ortho nitro benzene ring substituents is 1. The number of esters is 1. The van der Waals surface area contributed by atoms with Gasteiger partial charge < -0.3 is 14.4 Å². The van der Waals surface area contributed by atoms with Crippen molar-refractivity contribution in [1.82, 2.24) is 9.80 Å². The number of hydrogen-bond acceptors (Lipinski definition) is 7. The number of carbonyl (C=O) groups is 2. The Hall–Kier alpha value is -2.68. The molecule has 1 aromatic carbocycles. The van der Waals surface area contributed by atoms with Gasteiger partial charge in [-0.15, -0.1) is 0 Å². The molecule has 0 atom stereocenters. The number of ether oxygens (including phenoxy) is 2. The van der Waals surface area contributed by atoms with E-state index in [0.717, 1.165) is 25.9 Å². The maximum absolute atomic E-state index is 12.2. The molecule has 1 aromatic rings. The molecule has 0 bridgehead atoms. The number of rotatable bonds is 4. The van der Waals surface area contributed by atoms with Crippen LogP contribution in [-0.2, 0) is 9.47 Å². The Bertz CT molecular complexity index is 759. The van der Waals surface area contributed by atoms with Crippen LogP contribution in [-0.4, -0.2) is 70.7 Å². The van der Waals surface area contributed by atoms with Crippen LogP contribution in [0.5, 0.6) is 0 Å². The van der Waals surface area contributed by atoms with Crippen molar-refractivity contribution < 1.29 is 24.0 Å². The SMILES string of the molecule is CC(C)(C)OC(=O)N1CCN(C2CC(OC(=O)c3ccc([N+](=O)[O-])cc3)C2)CC1. The average Bonchev–Trinajstić information content (AvgIpc) is 2.63. The van der Waals surface area contributed by atoms with Gasteiger partial charge >= 0.3 is 12.1 Å². The molecular weight excluding hydrogens is 378 g/mol. The van der Waals surface area contributed by atoms with Gasteiger partial charge in [-0.2, -0.15) is 0 Å². The van der Waals surface area contributed by atoms with Crippen LogP contribution >= 0.6 is 0 Å². The van der Waals surface area contributed by atoms with E-state index >= 15 is 0 Å². The summed E-state index contributed by atoms with van der Waals surface area (Å²) in [4.78, 5) is 38.5. The molecule has 1 heterocycles. The Morgan fingerprint density at radius 1 is 1.07 bits per heavy atom. The second-order valence-corrected chi connectivity index (χ2v) is 8.46. The number of piperazine rings is 1. The van der Waals surface area contributed by atoms with E-state index in [9.17, 15) is 19.7 Å². The van der Waals surface area contributed by atoms with Crippen LogP contribution in [0.3, 0.4) is 0 Å². The van der Waals surface area contributed by atoms with Crippen LogP contribution < -0.4 is 0 Å². The van der Waals surface area contributed by atoms with Gasteiger partial charge in [-0.1, -0.05) is 0 Å². The molecule has 29 heavy (non-hydrogen) atoms. The van der Waals surface area contributed by atoms with E-state index in [4.69, 9.17) is 9.47 Å². The lowest BCUT2D eigenvalue weighted by Crippen LogP contribution is -2.57. The summed E-state index contributed by atoms with van der Waals surface area (Å²) in [5.74, 6) is -0.460. The fraction of sp³-hybridized carbons (Fsp3) is 0.600. The molecule has 1 aliphatic carbocycles. The van der Waals surface area contributed by atoms with Crippen molar-refractivity contribution >= 4 is 17.7 Å². The molecule has 158 valence electrons. The van der Waals surface area contributed by atoms with Crippen molar-refractivity contribution in [3.8, 4) is 0 Å². The van der Waals surface area contributed by atoms with Gasteiger partial charge in [-0.25, -0.2) is 9.59 Å². The van der Waals surface area contributed by atoms with E-state index < -0.39 is 16.5 Å². The highest BCUT2D eigenvalue weighted by Crippen LogP contribution is 2.30. The Labute approximate surface area is 169 Å². The minimum absolute atomic E-state index is 0.0595. The Balaban J connectivity index is 1.40. The molecule has 9 heteroatoms. The number of hydrogen-bond donors (Lipinski definition) is 0. The van der Waals surface area contributed by atoms with Gasteiger partial charge in [0.1, 0.15) is 11.7 Å². The molecule has 0 unspecified atom stereocenters. The van der Waals surface area contributed by atoms with Crippen LogP contribution in [0, 0.1) is 10.1 Å². The standard InChI is InChI=1S/C20H27N3O6/c1-20(2,3)29-19(25)22-10-8-21(9-11-22)16-12-17(13-16)28-18(24)14-4-6-15(7-5-14)23(26)27/h4-7,16-17H,8-13H2,1-3H3. The highest BCUT2D eigenvalue weighted by molar-refractivity contribution is 5.89. The molecule has 2 aliphatic rings. The maximum Gasteiger partial charge on any atom is 0.410 e. The summed E-state index contributed by atoms with van der Waals surface area (Å²) in [7, 11) is 0. The maximum atomic E-state index is 12.2. The molecule has 1 aliphatic heterocycles. The van der Waals surface area contributed by atoms with Gasteiger partial charge in [-0.05, 0) is 32.9 Å². The highest BCUT2D eigenvalue weighted by Gasteiger charge is 2.38. The molecule has 0 aromatic heterocycles. The quantitative estimate of drug-likeness (QED) is 0.431. The molecule has 0 spiro atoms. The zero-order valence-electron chi connectivity index (χ0n) is 17.0. The van der Waals surface area contributed by atoms with Crippen molar-refractivity contribution in [3.05, 3.63) is 39.9 Å². The fourth-order valence-electron chi connectivity index (χ4n) is 3.47. The smallest absolute Gasteiger partial charge is 0.410 e. The first-order chi connectivity index (χ1) is 13.6. The topological polar surface area (TPSA) is 102 Å². The number of nitro groups is 1. The summed E-state index contributed by atoms with van der Waals surface area (Å²) in [5, 5.41) is 10.7. The molecule has 3 rings (SSSR count). The highest BCUT2D eigenvalue weighted by atomic mass is 16.6. The number of nitrogens with zero attached hydrogens (tertiary/aromatic N) is 3. The van der Waals surface area contributed by atoms with Gasteiger partial charge in [0.05, 0.1) is 10.5 Å². The Kier molecular flexibility index (Phi) is 6.07. The second-order valence-electron chi connectivity index (χ2n) is 8.46. The average molecular weight is 405 g/mol. The number of amides is 1. The third-order valence-corrected chi connectivity index (χ3v) is 5.14. The minimum Gasteiger partial charge on any atom is -0.459 e. The zero-order chi connectivity index (χ0) is 21.2. The first-order valence-corrected chi connectivity index (χ1v) is 9.80. The van der Waals surface area contributed by atoms with Gasteiger partial charge in [0.2, 0.25) is 0 Å². The summed E-state index contributed by atoms with van der Waals surface area (Å²) in [6, 6.07) is 5.75. The summed E-state index contributed by atoms with van der Waals surface area (Å²) in [6.07, 6.45) is 1.09. The number of nitro benzene ring substituents is 1. The summed E-state index contributed by atoms with van der Waals surface area (Å²) < 4.78 is 10.9. The monoisotopic (exact) mass is 405 g/mol. The molecule has 9 nitrogen and oxygen atoms in total. The van der Waals surface area contributed by atoms with Crippen molar-refractivity contribution in [1.29, 1.82) is 0 Å².